The number of carboxylic acids is 1. The van der Waals surface area contributed by atoms with Crippen LogP contribution >= 0.6 is 0 Å². The van der Waals surface area contributed by atoms with Crippen LogP contribution in [0.3, 0.4) is 0 Å². The number of amides is 1. The largest absolute Gasteiger partial charge is 0.480 e. The van der Waals surface area contributed by atoms with Gasteiger partial charge >= 0.3 is 12.1 Å². The second-order valence-electron chi connectivity index (χ2n) is 6.61. The Hall–Kier alpha value is -1.30. The van der Waals surface area contributed by atoms with E-state index in [2.05, 4.69) is 4.90 Å². The molecule has 20 heavy (non-hydrogen) atoms. The third kappa shape index (κ3) is 3.42. The molecule has 0 aromatic rings. The summed E-state index contributed by atoms with van der Waals surface area (Å²) in [5, 5.41) is 9.42. The molecule has 0 aliphatic carbocycles. The average Bonchev–Trinajstić information content (AvgIpc) is 2.65. The molecule has 2 atom stereocenters. The van der Waals surface area contributed by atoms with E-state index in [0.29, 0.717) is 19.1 Å². The SMILES string of the molecule is CC(C)(C)OC(=O)N1CCC2CCCN2CC1C(=O)O. The quantitative estimate of drug-likeness (QED) is 0.791. The van der Waals surface area contributed by atoms with Gasteiger partial charge in [0.1, 0.15) is 11.6 Å². The van der Waals surface area contributed by atoms with Crippen molar-refractivity contribution in [1.29, 1.82) is 0 Å². The molecule has 2 unspecified atom stereocenters. The van der Waals surface area contributed by atoms with E-state index in [4.69, 9.17) is 4.74 Å². The summed E-state index contributed by atoms with van der Waals surface area (Å²) in [7, 11) is 0. The highest BCUT2D eigenvalue weighted by Crippen LogP contribution is 2.26. The molecule has 2 saturated heterocycles. The van der Waals surface area contributed by atoms with Gasteiger partial charge < -0.3 is 9.84 Å². The Balaban J connectivity index is 2.13. The molecule has 2 heterocycles. The lowest BCUT2D eigenvalue weighted by molar-refractivity contribution is -0.143. The van der Waals surface area contributed by atoms with Crippen LogP contribution in [-0.4, -0.2) is 64.3 Å². The topological polar surface area (TPSA) is 70.1 Å². The van der Waals surface area contributed by atoms with Crippen LogP contribution in [0.25, 0.3) is 0 Å². The van der Waals surface area contributed by atoms with Crippen LogP contribution in [0.15, 0.2) is 0 Å². The van der Waals surface area contributed by atoms with Crippen LogP contribution in [0, 0.1) is 0 Å². The van der Waals surface area contributed by atoms with Crippen LogP contribution in [0.1, 0.15) is 40.0 Å². The number of aliphatic carboxylic acids is 1. The molecule has 6 heteroatoms. The summed E-state index contributed by atoms with van der Waals surface area (Å²) in [6, 6.07) is -0.405. The fraction of sp³-hybridized carbons (Fsp3) is 0.857. The van der Waals surface area contributed by atoms with Crippen molar-refractivity contribution < 1.29 is 19.4 Å². The van der Waals surface area contributed by atoms with E-state index in [9.17, 15) is 14.7 Å². The molecule has 1 amide bonds. The molecular weight excluding hydrogens is 260 g/mol. The highest BCUT2D eigenvalue weighted by atomic mass is 16.6. The van der Waals surface area contributed by atoms with Gasteiger partial charge in [0, 0.05) is 19.1 Å². The maximum Gasteiger partial charge on any atom is 0.411 e. The van der Waals surface area contributed by atoms with E-state index in [0.717, 1.165) is 25.8 Å². The number of fused-ring (bicyclic) bond motifs is 1. The summed E-state index contributed by atoms with van der Waals surface area (Å²) in [4.78, 5) is 27.3. The van der Waals surface area contributed by atoms with Crippen LogP contribution in [0.2, 0.25) is 0 Å². The lowest BCUT2D eigenvalue weighted by Crippen LogP contribution is -2.50. The van der Waals surface area contributed by atoms with Crippen molar-refractivity contribution in [1.82, 2.24) is 9.80 Å². The number of carbonyl (C=O) groups excluding carboxylic acids is 1. The molecule has 6 nitrogen and oxygen atoms in total. The monoisotopic (exact) mass is 284 g/mol. The standard InChI is InChI=1S/C14H24N2O4/c1-14(2,3)20-13(19)16-8-6-10-5-4-7-15(10)9-11(16)12(17)18/h10-11H,4-9H2,1-3H3,(H,17,18). The fourth-order valence-electron chi connectivity index (χ4n) is 2.98. The molecule has 0 spiro atoms. The van der Waals surface area contributed by atoms with Crippen molar-refractivity contribution in [2.24, 2.45) is 0 Å². The van der Waals surface area contributed by atoms with Crippen molar-refractivity contribution >= 4 is 12.1 Å². The maximum absolute atomic E-state index is 12.2. The molecule has 2 rings (SSSR count). The zero-order chi connectivity index (χ0) is 14.9. The Kier molecular flexibility index (Phi) is 4.22. The second kappa shape index (κ2) is 5.60. The Bertz CT molecular complexity index is 391. The molecule has 2 fully saturated rings. The Labute approximate surface area is 119 Å². The maximum atomic E-state index is 12.2. The number of hydrogen-bond acceptors (Lipinski definition) is 4. The molecule has 1 N–H and O–H groups in total. The van der Waals surface area contributed by atoms with Crippen molar-refractivity contribution in [3.05, 3.63) is 0 Å². The first-order valence-electron chi connectivity index (χ1n) is 7.24. The minimum atomic E-state index is -0.955. The minimum Gasteiger partial charge on any atom is -0.480 e. The molecule has 2 aliphatic rings. The Morgan fingerprint density at radius 2 is 1.90 bits per heavy atom. The zero-order valence-corrected chi connectivity index (χ0v) is 12.5. The van der Waals surface area contributed by atoms with Gasteiger partial charge in [-0.05, 0) is 46.6 Å². The predicted molar refractivity (Wildman–Crippen MR) is 73.6 cm³/mol. The first-order valence-corrected chi connectivity index (χ1v) is 7.24. The molecular formula is C14H24N2O4. The first-order chi connectivity index (χ1) is 9.28. The normalized spacial score (nSPS) is 27.9. The highest BCUT2D eigenvalue weighted by molar-refractivity contribution is 5.80. The highest BCUT2D eigenvalue weighted by Gasteiger charge is 2.40. The zero-order valence-electron chi connectivity index (χ0n) is 12.5. The molecule has 2 aliphatic heterocycles. The summed E-state index contributed by atoms with van der Waals surface area (Å²) in [6.45, 7) is 7.15. The lowest BCUT2D eigenvalue weighted by atomic mass is 10.1. The van der Waals surface area contributed by atoms with Gasteiger partial charge in [0.05, 0.1) is 0 Å². The summed E-state index contributed by atoms with van der Waals surface area (Å²) >= 11 is 0. The number of rotatable bonds is 1. The van der Waals surface area contributed by atoms with E-state index in [1.54, 1.807) is 20.8 Å². The predicted octanol–water partition coefficient (Wildman–Crippen LogP) is 1.54. The fourth-order valence-corrected chi connectivity index (χ4v) is 2.98. The van der Waals surface area contributed by atoms with E-state index in [-0.39, 0.29) is 0 Å². The third-order valence-electron chi connectivity index (χ3n) is 3.90. The summed E-state index contributed by atoms with van der Waals surface area (Å²) in [5.41, 5.74) is -0.609. The van der Waals surface area contributed by atoms with E-state index in [1.165, 1.54) is 4.90 Å². The van der Waals surface area contributed by atoms with Gasteiger partial charge in [-0.1, -0.05) is 0 Å². The van der Waals surface area contributed by atoms with Gasteiger partial charge in [-0.2, -0.15) is 0 Å². The molecule has 0 aromatic heterocycles. The number of nitrogens with zero attached hydrogens (tertiary/aromatic N) is 2. The van der Waals surface area contributed by atoms with E-state index in [1.807, 2.05) is 0 Å². The minimum absolute atomic E-state index is 0.402. The van der Waals surface area contributed by atoms with Gasteiger partial charge in [-0.3, -0.25) is 9.80 Å². The van der Waals surface area contributed by atoms with Crippen LogP contribution in [-0.2, 0) is 9.53 Å². The number of hydrogen-bond donors (Lipinski definition) is 1. The van der Waals surface area contributed by atoms with Crippen molar-refractivity contribution in [3.63, 3.8) is 0 Å². The second-order valence-corrected chi connectivity index (χ2v) is 6.61. The number of carbonyl (C=O) groups is 2. The summed E-state index contributed by atoms with van der Waals surface area (Å²) < 4.78 is 5.34. The molecule has 0 aromatic carbocycles. The number of carboxylic acid groups (broad SMARTS) is 1. The van der Waals surface area contributed by atoms with Crippen molar-refractivity contribution in [2.45, 2.75) is 57.7 Å². The van der Waals surface area contributed by atoms with Crippen LogP contribution in [0.5, 0.6) is 0 Å². The van der Waals surface area contributed by atoms with Gasteiger partial charge in [0.2, 0.25) is 0 Å². The van der Waals surface area contributed by atoms with Gasteiger partial charge in [-0.25, -0.2) is 9.59 Å². The van der Waals surface area contributed by atoms with E-state index >= 15 is 0 Å². The summed E-state index contributed by atoms with van der Waals surface area (Å²) in [6.07, 6.45) is 2.51. The van der Waals surface area contributed by atoms with Crippen LogP contribution < -0.4 is 0 Å². The van der Waals surface area contributed by atoms with E-state index < -0.39 is 23.7 Å². The molecule has 0 saturated carbocycles. The number of ether oxygens (including phenoxy) is 1. The van der Waals surface area contributed by atoms with Gasteiger partial charge in [0.15, 0.2) is 0 Å². The van der Waals surface area contributed by atoms with Crippen LogP contribution in [0.4, 0.5) is 4.79 Å². The Morgan fingerprint density at radius 3 is 2.50 bits per heavy atom. The molecule has 0 radical (unpaired) electrons. The van der Waals surface area contributed by atoms with Crippen molar-refractivity contribution in [2.75, 3.05) is 19.6 Å². The van der Waals surface area contributed by atoms with Gasteiger partial charge in [-0.15, -0.1) is 0 Å². The Morgan fingerprint density at radius 1 is 1.20 bits per heavy atom. The van der Waals surface area contributed by atoms with Gasteiger partial charge in [0.25, 0.3) is 0 Å². The lowest BCUT2D eigenvalue weighted by Gasteiger charge is -2.30. The molecule has 0 bridgehead atoms. The average molecular weight is 284 g/mol. The van der Waals surface area contributed by atoms with Crippen molar-refractivity contribution in [3.8, 4) is 0 Å². The first kappa shape index (κ1) is 15.1. The molecule has 114 valence electrons. The smallest absolute Gasteiger partial charge is 0.411 e. The summed E-state index contributed by atoms with van der Waals surface area (Å²) in [5.74, 6) is -0.955. The third-order valence-corrected chi connectivity index (χ3v) is 3.90.